The third kappa shape index (κ3) is 9.08. The molecule has 0 radical (unpaired) electrons. The number of benzene rings is 2. The van der Waals surface area contributed by atoms with Gasteiger partial charge in [0.25, 0.3) is 11.9 Å². The van der Waals surface area contributed by atoms with Crippen molar-refractivity contribution in [3.05, 3.63) is 93.9 Å². The Morgan fingerprint density at radius 3 is 2.45 bits per heavy atom. The van der Waals surface area contributed by atoms with Crippen molar-refractivity contribution in [1.82, 2.24) is 24.7 Å². The Labute approximate surface area is 243 Å². The highest BCUT2D eigenvalue weighted by atomic mass is 16.5. The van der Waals surface area contributed by atoms with E-state index in [2.05, 4.69) is 31.1 Å². The normalized spacial score (nSPS) is 13.4. The van der Waals surface area contributed by atoms with E-state index in [1.165, 1.54) is 13.3 Å². The molecule has 5 rings (SSSR count). The Morgan fingerprint density at radius 2 is 1.83 bits per heavy atom. The Bertz CT molecular complexity index is 1480. The van der Waals surface area contributed by atoms with Crippen LogP contribution in [0.3, 0.4) is 0 Å². The van der Waals surface area contributed by atoms with E-state index in [0.717, 1.165) is 52.6 Å². The van der Waals surface area contributed by atoms with Crippen LogP contribution in [0.5, 0.6) is 5.75 Å². The van der Waals surface area contributed by atoms with Crippen molar-refractivity contribution in [2.45, 2.75) is 38.8 Å². The van der Waals surface area contributed by atoms with Crippen LogP contribution in [0.15, 0.2) is 65.7 Å². The second kappa shape index (κ2) is 15.8. The number of aromatic nitrogens is 5. The third-order valence-corrected chi connectivity index (χ3v) is 5.92. The van der Waals surface area contributed by atoms with Crippen molar-refractivity contribution in [1.29, 1.82) is 5.41 Å². The summed E-state index contributed by atoms with van der Waals surface area (Å²) in [5.74, 6) is 0.522. The molecule has 0 spiro atoms. The first-order valence-electron chi connectivity index (χ1n) is 13.3. The molecule has 6 N–H and O–H groups in total. The number of nitrogens with zero attached hydrogens (tertiary/aromatic N) is 4. The number of aromatic amines is 1. The summed E-state index contributed by atoms with van der Waals surface area (Å²) in [6.07, 6.45) is 6.20. The molecule has 42 heavy (non-hydrogen) atoms. The molecule has 1 aliphatic heterocycles. The van der Waals surface area contributed by atoms with Crippen LogP contribution >= 0.6 is 0 Å². The molecule has 3 heterocycles. The van der Waals surface area contributed by atoms with Crippen LogP contribution < -0.4 is 21.5 Å². The molecule has 2 aromatic carbocycles. The van der Waals surface area contributed by atoms with Crippen molar-refractivity contribution < 1.29 is 19.4 Å². The monoisotopic (exact) mass is 576 g/mol. The fraction of sp³-hybridized carbons (Fsp3) is 0.310. The molecule has 0 saturated carbocycles. The van der Waals surface area contributed by atoms with Gasteiger partial charge < -0.3 is 31.0 Å². The maximum Gasteiger partial charge on any atom is 0.350 e. The molecule has 1 fully saturated rings. The number of anilines is 1. The molecule has 13 nitrogen and oxygen atoms in total. The predicted molar refractivity (Wildman–Crippen MR) is 159 cm³/mol. The summed E-state index contributed by atoms with van der Waals surface area (Å²) >= 11 is 0. The van der Waals surface area contributed by atoms with E-state index < -0.39 is 17.7 Å². The van der Waals surface area contributed by atoms with Gasteiger partial charge in [0.15, 0.2) is 5.82 Å². The third-order valence-electron chi connectivity index (χ3n) is 5.92. The van der Waals surface area contributed by atoms with Crippen LogP contribution in [0.2, 0.25) is 0 Å². The summed E-state index contributed by atoms with van der Waals surface area (Å²) in [6, 6.07) is 14.7. The van der Waals surface area contributed by atoms with E-state index in [9.17, 15) is 4.79 Å². The lowest BCUT2D eigenvalue weighted by molar-refractivity contribution is -0.134. The van der Waals surface area contributed by atoms with Gasteiger partial charge >= 0.3 is 5.69 Å². The van der Waals surface area contributed by atoms with Crippen molar-refractivity contribution in [2.24, 2.45) is 5.73 Å². The molecule has 1 unspecified atom stereocenters. The van der Waals surface area contributed by atoms with Crippen LogP contribution in [0.4, 0.5) is 5.69 Å². The maximum atomic E-state index is 12.8. The van der Waals surface area contributed by atoms with Crippen LogP contribution in [0, 0.1) is 12.3 Å². The number of aryl methyl sites for hydroxylation is 1. The minimum Gasteiger partial charge on any atom is -0.490 e. The molecule has 1 saturated heterocycles. The first-order chi connectivity index (χ1) is 20.3. The number of H-pyrrole nitrogens is 1. The lowest BCUT2D eigenvalue weighted by Gasteiger charge is -2.25. The van der Waals surface area contributed by atoms with Gasteiger partial charge in [-0.1, -0.05) is 18.2 Å². The van der Waals surface area contributed by atoms with E-state index in [1.54, 1.807) is 18.5 Å². The Morgan fingerprint density at radius 1 is 1.19 bits per heavy atom. The molecule has 1 aliphatic rings. The van der Waals surface area contributed by atoms with Gasteiger partial charge in [0.1, 0.15) is 17.9 Å². The number of ether oxygens (including phenoxy) is 2. The Hall–Kier alpha value is -4.88. The SMILES string of the molecule is CC(=O)O.CN.Cc1cc(OC2CCOCC2)cc(C(Nc2ccc(C=N)cc2)c2nn(-c3ncccn3)c(=O)[nH]2)c1. The van der Waals surface area contributed by atoms with E-state index >= 15 is 0 Å². The van der Waals surface area contributed by atoms with Crippen LogP contribution in [-0.2, 0) is 9.53 Å². The molecular formula is C29H36N8O5. The number of rotatable bonds is 8. The maximum absolute atomic E-state index is 12.8. The van der Waals surface area contributed by atoms with Gasteiger partial charge in [-0.3, -0.25) is 9.78 Å². The topological polar surface area (TPSA) is 194 Å². The summed E-state index contributed by atoms with van der Waals surface area (Å²) in [7, 11) is 1.50. The van der Waals surface area contributed by atoms with Gasteiger partial charge in [-0.05, 0) is 61.0 Å². The largest absolute Gasteiger partial charge is 0.490 e. The summed E-state index contributed by atoms with van der Waals surface area (Å²) in [5.41, 5.74) is 7.56. The van der Waals surface area contributed by atoms with Crippen LogP contribution in [0.25, 0.3) is 5.95 Å². The van der Waals surface area contributed by atoms with E-state index in [-0.39, 0.29) is 12.1 Å². The van der Waals surface area contributed by atoms with Crippen molar-refractivity contribution in [2.75, 3.05) is 25.6 Å². The molecule has 0 bridgehead atoms. The number of aliphatic carboxylic acids is 1. The predicted octanol–water partition coefficient (Wildman–Crippen LogP) is 3.08. The van der Waals surface area contributed by atoms with Crippen molar-refractivity contribution >= 4 is 17.9 Å². The number of nitrogens with two attached hydrogens (primary N) is 1. The summed E-state index contributed by atoms with van der Waals surface area (Å²) in [5, 5.41) is 22.9. The van der Waals surface area contributed by atoms with Gasteiger partial charge in [0.2, 0.25) is 0 Å². The zero-order valence-electron chi connectivity index (χ0n) is 23.8. The fourth-order valence-electron chi connectivity index (χ4n) is 4.16. The van der Waals surface area contributed by atoms with Crippen LogP contribution in [0.1, 0.15) is 48.3 Å². The van der Waals surface area contributed by atoms with Gasteiger partial charge in [-0.15, -0.1) is 9.78 Å². The van der Waals surface area contributed by atoms with Gasteiger partial charge in [-0.2, -0.15) is 0 Å². The average molecular weight is 577 g/mol. The van der Waals surface area contributed by atoms with Gasteiger partial charge in [0.05, 0.1) is 13.2 Å². The quantitative estimate of drug-likeness (QED) is 0.195. The first kappa shape index (κ1) is 31.6. The minimum atomic E-state index is -0.833. The summed E-state index contributed by atoms with van der Waals surface area (Å²) in [6.45, 7) is 4.48. The second-order valence-corrected chi connectivity index (χ2v) is 9.15. The number of nitrogens with one attached hydrogen (secondary N) is 3. The highest BCUT2D eigenvalue weighted by Gasteiger charge is 2.23. The molecular weight excluding hydrogens is 540 g/mol. The molecule has 222 valence electrons. The molecule has 0 aliphatic carbocycles. The van der Waals surface area contributed by atoms with Crippen molar-refractivity contribution in [3.63, 3.8) is 0 Å². The molecule has 1 atom stereocenters. The van der Waals surface area contributed by atoms with E-state index in [4.69, 9.17) is 24.8 Å². The second-order valence-electron chi connectivity index (χ2n) is 9.15. The number of carbonyl (C=O) groups is 1. The zero-order chi connectivity index (χ0) is 30.5. The average Bonchev–Trinajstić information content (AvgIpc) is 3.38. The highest BCUT2D eigenvalue weighted by molar-refractivity contribution is 5.77. The number of hydrogen-bond acceptors (Lipinski definition) is 10. The lowest BCUT2D eigenvalue weighted by Crippen LogP contribution is -2.26. The van der Waals surface area contributed by atoms with E-state index in [1.807, 2.05) is 49.4 Å². The standard InChI is InChI=1S/C26H27N7O3.C2H4O2.CH5N/c1-17-13-19(15-22(14-17)36-21-7-11-35-12-8-21)23(30-20-5-3-18(16-27)4-6-20)24-31-26(34)33(32-24)25-28-9-2-10-29-25;1-2(3)4;1-2/h2-6,9-10,13-16,21,23,27,30H,7-8,11-12H2,1H3,(H,31,32,34);1H3,(H,3,4);2H2,1H3. The Kier molecular flexibility index (Phi) is 11.9. The fourth-order valence-corrected chi connectivity index (χ4v) is 4.16. The van der Waals surface area contributed by atoms with Gasteiger partial charge in [-0.25, -0.2) is 14.8 Å². The summed E-state index contributed by atoms with van der Waals surface area (Å²) < 4.78 is 12.9. The van der Waals surface area contributed by atoms with Crippen molar-refractivity contribution in [3.8, 4) is 11.7 Å². The van der Waals surface area contributed by atoms with E-state index in [0.29, 0.717) is 19.0 Å². The van der Waals surface area contributed by atoms with Crippen LogP contribution in [-0.4, -0.2) is 68.4 Å². The molecule has 0 amide bonds. The molecule has 2 aromatic heterocycles. The Balaban J connectivity index is 0.000000745. The smallest absolute Gasteiger partial charge is 0.350 e. The zero-order valence-corrected chi connectivity index (χ0v) is 23.8. The molecule has 13 heteroatoms. The number of hydrogen-bond donors (Lipinski definition) is 5. The number of carboxylic acids is 1. The number of carboxylic acid groups (broad SMARTS) is 1. The lowest BCUT2D eigenvalue weighted by atomic mass is 10.0. The van der Waals surface area contributed by atoms with Gasteiger partial charge in [0, 0.05) is 44.1 Å². The molecule has 4 aromatic rings. The highest BCUT2D eigenvalue weighted by Crippen LogP contribution is 2.30. The summed E-state index contributed by atoms with van der Waals surface area (Å²) in [4.78, 5) is 32.9. The minimum absolute atomic E-state index is 0.0997. The first-order valence-corrected chi connectivity index (χ1v) is 13.3.